The van der Waals surface area contributed by atoms with Crippen LogP contribution in [0.2, 0.25) is 0 Å². The third kappa shape index (κ3) is 6.23. The van der Waals surface area contributed by atoms with Crippen LogP contribution < -0.4 is 10.6 Å². The summed E-state index contributed by atoms with van der Waals surface area (Å²) in [4.78, 5) is 23.0. The second kappa shape index (κ2) is 8.34. The van der Waals surface area contributed by atoms with Crippen molar-refractivity contribution in [2.45, 2.75) is 26.4 Å². The van der Waals surface area contributed by atoms with Crippen LogP contribution in [0.5, 0.6) is 0 Å². The third-order valence-corrected chi connectivity index (χ3v) is 2.66. The highest BCUT2D eigenvalue weighted by Gasteiger charge is 2.32. The molecule has 0 aromatic heterocycles. The van der Waals surface area contributed by atoms with Gasteiger partial charge in [0.25, 0.3) is 0 Å². The minimum absolute atomic E-state index is 0.143. The van der Waals surface area contributed by atoms with Crippen LogP contribution in [0.3, 0.4) is 0 Å². The SMILES string of the molecule is [2H]OC(C(=O)NCCC(=O)NCCS)C(C)(C)CO. The van der Waals surface area contributed by atoms with E-state index in [1.165, 1.54) is 0 Å². The first-order chi connectivity index (χ1) is 8.88. The smallest absolute Gasteiger partial charge is 0.249 e. The van der Waals surface area contributed by atoms with Gasteiger partial charge in [0.05, 0.1) is 6.61 Å². The van der Waals surface area contributed by atoms with Gasteiger partial charge in [0.15, 0.2) is 0 Å². The molecule has 106 valence electrons. The van der Waals surface area contributed by atoms with E-state index >= 15 is 0 Å². The Morgan fingerprint density at radius 2 is 2.06 bits per heavy atom. The fourth-order valence-electron chi connectivity index (χ4n) is 1.11. The number of aliphatic hydroxyl groups excluding tert-OH is 2. The molecule has 0 aliphatic heterocycles. The number of hydrogen-bond donors (Lipinski definition) is 5. The van der Waals surface area contributed by atoms with Crippen molar-refractivity contribution >= 4 is 24.4 Å². The molecule has 0 bridgehead atoms. The van der Waals surface area contributed by atoms with Gasteiger partial charge in [0.1, 0.15) is 6.10 Å². The molecule has 4 N–H and O–H groups in total. The number of thiol groups is 1. The molecule has 0 aliphatic rings. The average molecular weight is 279 g/mol. The molecule has 1 unspecified atom stereocenters. The molecule has 0 rings (SSSR count). The summed E-state index contributed by atoms with van der Waals surface area (Å²) in [6.07, 6.45) is -0.943. The zero-order chi connectivity index (χ0) is 14.9. The lowest BCUT2D eigenvalue weighted by Crippen LogP contribution is -2.46. The summed E-state index contributed by atoms with van der Waals surface area (Å²) >= 11 is 3.96. The first kappa shape index (κ1) is 15.3. The Morgan fingerprint density at radius 3 is 2.56 bits per heavy atom. The van der Waals surface area contributed by atoms with Gasteiger partial charge in [-0.15, -0.1) is 0 Å². The summed E-state index contributed by atoms with van der Waals surface area (Å²) in [6, 6.07) is 0. The van der Waals surface area contributed by atoms with Gasteiger partial charge in [-0.25, -0.2) is 0 Å². The lowest BCUT2D eigenvalue weighted by Gasteiger charge is -2.27. The maximum atomic E-state index is 11.8. The highest BCUT2D eigenvalue weighted by molar-refractivity contribution is 7.80. The maximum absolute atomic E-state index is 11.8. The standard InChI is InChI=1S/C11H22N2O4S/c1-11(2,7-14)9(16)10(17)13-4-3-8(15)12-5-6-18/h9,14,16,18H,3-7H2,1-2H3,(H,12,15)(H,13,17)/i16D. The Balaban J connectivity index is 4.12. The van der Waals surface area contributed by atoms with Crippen molar-refractivity contribution in [2.24, 2.45) is 5.41 Å². The summed E-state index contributed by atoms with van der Waals surface area (Å²) in [5.41, 5.74) is -0.861. The maximum Gasteiger partial charge on any atom is 0.249 e. The molecule has 0 radical (unpaired) electrons. The highest BCUT2D eigenvalue weighted by atomic mass is 32.1. The number of nitrogens with one attached hydrogen (secondary N) is 2. The Labute approximate surface area is 114 Å². The van der Waals surface area contributed by atoms with E-state index in [-0.39, 0.29) is 25.5 Å². The minimum atomic E-state index is -1.09. The molecule has 0 aliphatic carbocycles. The van der Waals surface area contributed by atoms with Crippen molar-refractivity contribution in [3.63, 3.8) is 0 Å². The van der Waals surface area contributed by atoms with Gasteiger partial charge >= 0.3 is 0 Å². The zero-order valence-corrected chi connectivity index (χ0v) is 11.6. The van der Waals surface area contributed by atoms with Gasteiger partial charge < -0.3 is 20.8 Å². The van der Waals surface area contributed by atoms with E-state index < -0.39 is 17.4 Å². The molecule has 0 spiro atoms. The van der Waals surface area contributed by atoms with Crippen molar-refractivity contribution in [2.75, 3.05) is 25.4 Å². The number of hydrogen-bond acceptors (Lipinski definition) is 5. The monoisotopic (exact) mass is 279 g/mol. The summed E-state index contributed by atoms with van der Waals surface area (Å²) in [5.74, 6) is -0.146. The molecular weight excluding hydrogens is 256 g/mol. The number of amides is 2. The van der Waals surface area contributed by atoms with Gasteiger partial charge in [0.2, 0.25) is 13.2 Å². The Kier molecular flexibility index (Phi) is 7.07. The van der Waals surface area contributed by atoms with Crippen LogP contribution >= 0.6 is 12.6 Å². The molecular formula is C11H22N2O4S. The fourth-order valence-corrected chi connectivity index (χ4v) is 1.23. The molecule has 2 amide bonds. The lowest BCUT2D eigenvalue weighted by atomic mass is 9.87. The first-order valence-electron chi connectivity index (χ1n) is 6.18. The van der Waals surface area contributed by atoms with Crippen molar-refractivity contribution in [1.29, 1.82) is 1.43 Å². The second-order valence-electron chi connectivity index (χ2n) is 4.64. The van der Waals surface area contributed by atoms with Crippen LogP contribution in [-0.2, 0) is 9.59 Å². The van der Waals surface area contributed by atoms with E-state index in [2.05, 4.69) is 28.4 Å². The van der Waals surface area contributed by atoms with E-state index in [1.807, 2.05) is 0 Å². The molecule has 18 heavy (non-hydrogen) atoms. The molecule has 0 aromatic rings. The predicted molar refractivity (Wildman–Crippen MR) is 71.4 cm³/mol. The van der Waals surface area contributed by atoms with E-state index in [1.54, 1.807) is 13.8 Å². The number of carbonyl (C=O) groups excluding carboxylic acids is 2. The normalized spacial score (nSPS) is 13.7. The van der Waals surface area contributed by atoms with Gasteiger partial charge in [-0.05, 0) is 0 Å². The van der Waals surface area contributed by atoms with E-state index in [0.717, 1.165) is 0 Å². The van der Waals surface area contributed by atoms with Gasteiger partial charge in [-0.3, -0.25) is 9.59 Å². The molecule has 1 atom stereocenters. The molecule has 6 nitrogen and oxygen atoms in total. The van der Waals surface area contributed by atoms with Crippen LogP contribution in [0.25, 0.3) is 0 Å². The number of carbonyl (C=O) groups is 2. The molecule has 0 fully saturated rings. The Bertz CT molecular complexity index is 302. The van der Waals surface area contributed by atoms with Gasteiger partial charge in [-0.1, -0.05) is 13.8 Å². The van der Waals surface area contributed by atoms with Crippen LogP contribution in [0, 0.1) is 5.41 Å². The highest BCUT2D eigenvalue weighted by Crippen LogP contribution is 2.19. The number of rotatable bonds is 9. The largest absolute Gasteiger partial charge is 0.396 e. The predicted octanol–water partition coefficient (Wildman–Crippen LogP) is -1.08. The van der Waals surface area contributed by atoms with E-state index in [9.17, 15) is 9.59 Å². The molecule has 7 heteroatoms. The van der Waals surface area contributed by atoms with E-state index in [4.69, 9.17) is 6.54 Å². The molecule has 0 heterocycles. The Morgan fingerprint density at radius 1 is 1.39 bits per heavy atom. The summed E-state index contributed by atoms with van der Waals surface area (Å²) < 4.78 is 6.90. The van der Waals surface area contributed by atoms with Crippen molar-refractivity contribution in [1.82, 2.24) is 10.6 Å². The molecule has 0 saturated carbocycles. The Hall–Kier alpha value is -0.790. The minimum Gasteiger partial charge on any atom is -0.396 e. The van der Waals surface area contributed by atoms with Crippen LogP contribution in [0.4, 0.5) is 0 Å². The second-order valence-corrected chi connectivity index (χ2v) is 5.09. The van der Waals surface area contributed by atoms with Crippen molar-refractivity contribution in [3.05, 3.63) is 0 Å². The van der Waals surface area contributed by atoms with Gasteiger partial charge in [-0.2, -0.15) is 12.6 Å². The topological polar surface area (TPSA) is 98.7 Å². The van der Waals surface area contributed by atoms with Crippen LogP contribution in [-0.4, -0.2) is 55.0 Å². The van der Waals surface area contributed by atoms with Crippen LogP contribution in [0.15, 0.2) is 0 Å². The van der Waals surface area contributed by atoms with E-state index in [0.29, 0.717) is 12.3 Å². The lowest BCUT2D eigenvalue weighted by molar-refractivity contribution is -0.137. The molecule has 0 saturated heterocycles. The molecule has 0 aromatic carbocycles. The third-order valence-electron chi connectivity index (χ3n) is 2.44. The van der Waals surface area contributed by atoms with Crippen LogP contribution in [0.1, 0.15) is 20.3 Å². The summed E-state index contributed by atoms with van der Waals surface area (Å²) in [7, 11) is 0. The zero-order valence-electron chi connectivity index (χ0n) is 11.7. The quantitative estimate of drug-likeness (QED) is 0.347. The summed E-state index contributed by atoms with van der Waals surface area (Å²) in [6.45, 7) is 3.58. The first-order valence-corrected chi connectivity index (χ1v) is 6.40. The summed E-state index contributed by atoms with van der Waals surface area (Å²) in [5, 5.41) is 18.6. The van der Waals surface area contributed by atoms with Gasteiger partial charge in [0, 0.05) is 30.7 Å². The fraction of sp³-hybridized carbons (Fsp3) is 0.818. The average Bonchev–Trinajstić information content (AvgIpc) is 2.36. The van der Waals surface area contributed by atoms with Crippen molar-refractivity contribution < 1.29 is 19.8 Å². The van der Waals surface area contributed by atoms with Crippen molar-refractivity contribution in [3.8, 4) is 0 Å². The number of aliphatic hydroxyl groups is 2.